The summed E-state index contributed by atoms with van der Waals surface area (Å²) < 4.78 is 13.0. The number of hydrogen-bond acceptors (Lipinski definition) is 1. The Kier molecular flexibility index (Phi) is 5.30. The van der Waals surface area contributed by atoms with Gasteiger partial charge < -0.3 is 5.73 Å². The second-order valence-corrected chi connectivity index (χ2v) is 3.14. The predicted octanol–water partition coefficient (Wildman–Crippen LogP) is 3.04. The van der Waals surface area contributed by atoms with Crippen molar-refractivity contribution in [2.45, 2.75) is 13.1 Å². The Morgan fingerprint density at radius 2 is 2.15 bits per heavy atom. The number of hydrogen-bond donors (Lipinski definition) is 1. The summed E-state index contributed by atoms with van der Waals surface area (Å²) in [5.74, 6) is 0. The van der Waals surface area contributed by atoms with E-state index in [4.69, 9.17) is 17.3 Å². The fourth-order valence-corrected chi connectivity index (χ4v) is 1.37. The highest BCUT2D eigenvalue weighted by atomic mass is 35.5. The van der Waals surface area contributed by atoms with E-state index in [9.17, 15) is 4.39 Å². The molecule has 1 atom stereocenters. The molecule has 1 aromatic rings. The van der Waals surface area contributed by atoms with Gasteiger partial charge in [-0.2, -0.15) is 0 Å². The smallest absolute Gasteiger partial charge is 0.139 e. The molecule has 4 heteroatoms. The maximum atomic E-state index is 13.0. The van der Waals surface area contributed by atoms with Crippen LogP contribution in [0.3, 0.4) is 0 Å². The maximum absolute atomic E-state index is 13.0. The minimum Gasteiger partial charge on any atom is -0.327 e. The van der Waals surface area contributed by atoms with Gasteiger partial charge in [0.2, 0.25) is 0 Å². The van der Waals surface area contributed by atoms with E-state index in [1.165, 1.54) is 0 Å². The Balaban J connectivity index is 0.00000144. The summed E-state index contributed by atoms with van der Waals surface area (Å²) in [7, 11) is 0. The van der Waals surface area contributed by atoms with Gasteiger partial charge >= 0.3 is 0 Å². The molecule has 0 saturated carbocycles. The molecule has 0 bridgehead atoms. The first-order valence-electron chi connectivity index (χ1n) is 3.75. The van der Waals surface area contributed by atoms with Crippen molar-refractivity contribution < 1.29 is 4.39 Å². The molecule has 0 aromatic heterocycles. The Morgan fingerprint density at radius 3 is 2.62 bits per heavy atom. The largest absolute Gasteiger partial charge is 0.327 e. The number of aryl methyl sites for hydroxylation is 1. The average Bonchev–Trinajstić information content (AvgIpc) is 2.03. The second kappa shape index (κ2) is 5.43. The number of halogens is 3. The summed E-state index contributed by atoms with van der Waals surface area (Å²) in [4.78, 5) is 0. The molecule has 0 radical (unpaired) electrons. The maximum Gasteiger partial charge on any atom is 0.139 e. The molecular formula is C9H12Cl2FN. The second-order valence-electron chi connectivity index (χ2n) is 2.73. The summed E-state index contributed by atoms with van der Waals surface area (Å²) in [6, 6.07) is 5.23. The molecule has 74 valence electrons. The van der Waals surface area contributed by atoms with Crippen molar-refractivity contribution in [2.75, 3.05) is 6.54 Å². The van der Waals surface area contributed by atoms with Crippen LogP contribution in [0.25, 0.3) is 0 Å². The fourth-order valence-electron chi connectivity index (χ4n) is 1.01. The summed E-state index contributed by atoms with van der Waals surface area (Å²) in [6.07, 6.45) is -1.15. The van der Waals surface area contributed by atoms with Crippen LogP contribution in [0.2, 0.25) is 5.02 Å². The van der Waals surface area contributed by atoms with Crippen LogP contribution in [0.4, 0.5) is 4.39 Å². The van der Waals surface area contributed by atoms with Gasteiger partial charge in [0.1, 0.15) is 6.17 Å². The zero-order valence-electron chi connectivity index (χ0n) is 7.26. The number of alkyl halides is 1. The predicted molar refractivity (Wildman–Crippen MR) is 56.3 cm³/mol. The molecule has 0 aliphatic carbocycles. The van der Waals surface area contributed by atoms with Crippen LogP contribution in [-0.4, -0.2) is 6.54 Å². The zero-order valence-corrected chi connectivity index (χ0v) is 8.83. The van der Waals surface area contributed by atoms with E-state index in [-0.39, 0.29) is 19.0 Å². The van der Waals surface area contributed by atoms with Crippen LogP contribution in [0.5, 0.6) is 0 Å². The van der Waals surface area contributed by atoms with Gasteiger partial charge in [-0.3, -0.25) is 0 Å². The van der Waals surface area contributed by atoms with Crippen molar-refractivity contribution >= 4 is 24.0 Å². The van der Waals surface area contributed by atoms with Gasteiger partial charge in [-0.1, -0.05) is 23.7 Å². The van der Waals surface area contributed by atoms with E-state index >= 15 is 0 Å². The Hall–Kier alpha value is -0.310. The van der Waals surface area contributed by atoms with Crippen molar-refractivity contribution in [3.8, 4) is 0 Å². The zero-order chi connectivity index (χ0) is 9.14. The molecule has 1 rings (SSSR count). The van der Waals surface area contributed by atoms with Crippen molar-refractivity contribution in [3.05, 3.63) is 34.3 Å². The minimum atomic E-state index is -1.15. The Labute approximate surface area is 88.5 Å². The SMILES string of the molecule is Cc1ccc(C(F)CN)c(Cl)c1.Cl. The third kappa shape index (κ3) is 3.14. The van der Waals surface area contributed by atoms with Crippen LogP contribution in [-0.2, 0) is 0 Å². The van der Waals surface area contributed by atoms with Crippen molar-refractivity contribution in [3.63, 3.8) is 0 Å². The van der Waals surface area contributed by atoms with Gasteiger partial charge in [0.25, 0.3) is 0 Å². The third-order valence-electron chi connectivity index (χ3n) is 1.70. The Morgan fingerprint density at radius 1 is 1.54 bits per heavy atom. The number of nitrogens with two attached hydrogens (primary N) is 1. The van der Waals surface area contributed by atoms with Crippen molar-refractivity contribution in [2.24, 2.45) is 5.73 Å². The average molecular weight is 224 g/mol. The van der Waals surface area contributed by atoms with Gasteiger partial charge in [-0.15, -0.1) is 12.4 Å². The highest BCUT2D eigenvalue weighted by Gasteiger charge is 2.10. The van der Waals surface area contributed by atoms with E-state index < -0.39 is 6.17 Å². The summed E-state index contributed by atoms with van der Waals surface area (Å²) in [5, 5.41) is 0.452. The summed E-state index contributed by atoms with van der Waals surface area (Å²) in [6.45, 7) is 1.88. The van der Waals surface area contributed by atoms with E-state index in [0.29, 0.717) is 10.6 Å². The van der Waals surface area contributed by atoms with Crippen LogP contribution in [0, 0.1) is 6.92 Å². The normalized spacial score (nSPS) is 12.0. The molecule has 13 heavy (non-hydrogen) atoms. The first-order chi connectivity index (χ1) is 5.65. The molecule has 1 aromatic carbocycles. The lowest BCUT2D eigenvalue weighted by molar-refractivity contribution is 0.353. The quantitative estimate of drug-likeness (QED) is 0.820. The topological polar surface area (TPSA) is 26.0 Å². The highest BCUT2D eigenvalue weighted by Crippen LogP contribution is 2.25. The van der Waals surface area contributed by atoms with Crippen LogP contribution in [0.1, 0.15) is 17.3 Å². The van der Waals surface area contributed by atoms with Crippen LogP contribution < -0.4 is 5.73 Å². The monoisotopic (exact) mass is 223 g/mol. The third-order valence-corrected chi connectivity index (χ3v) is 2.03. The lowest BCUT2D eigenvalue weighted by Crippen LogP contribution is -2.08. The van der Waals surface area contributed by atoms with Crippen molar-refractivity contribution in [1.82, 2.24) is 0 Å². The lowest BCUT2D eigenvalue weighted by Gasteiger charge is -2.07. The van der Waals surface area contributed by atoms with Gasteiger partial charge in [-0.25, -0.2) is 4.39 Å². The van der Waals surface area contributed by atoms with E-state index in [1.54, 1.807) is 12.1 Å². The van der Waals surface area contributed by atoms with Crippen LogP contribution >= 0.6 is 24.0 Å². The number of rotatable bonds is 2. The molecule has 0 heterocycles. The lowest BCUT2D eigenvalue weighted by atomic mass is 10.1. The van der Waals surface area contributed by atoms with Gasteiger partial charge in [-0.05, 0) is 18.6 Å². The highest BCUT2D eigenvalue weighted by molar-refractivity contribution is 6.31. The first-order valence-corrected chi connectivity index (χ1v) is 4.13. The standard InChI is InChI=1S/C9H11ClFN.ClH/c1-6-2-3-7(8(10)4-6)9(11)5-12;/h2-4,9H,5,12H2,1H3;1H. The Bertz CT molecular complexity index is 278. The van der Waals surface area contributed by atoms with Crippen LogP contribution in [0.15, 0.2) is 18.2 Å². The number of benzene rings is 1. The molecule has 0 fully saturated rings. The van der Waals surface area contributed by atoms with Crippen molar-refractivity contribution in [1.29, 1.82) is 0 Å². The molecule has 1 unspecified atom stereocenters. The minimum absolute atomic E-state index is 0. The van der Waals surface area contributed by atoms with Gasteiger partial charge in [0.05, 0.1) is 0 Å². The van der Waals surface area contributed by atoms with Gasteiger partial charge in [0.15, 0.2) is 0 Å². The van der Waals surface area contributed by atoms with E-state index in [1.807, 2.05) is 13.0 Å². The first kappa shape index (κ1) is 12.7. The molecule has 0 spiro atoms. The molecule has 0 saturated heterocycles. The molecule has 2 N–H and O–H groups in total. The molecule has 0 aliphatic heterocycles. The summed E-state index contributed by atoms with van der Waals surface area (Å²) in [5.41, 5.74) is 6.68. The molecule has 0 aliphatic rings. The van der Waals surface area contributed by atoms with E-state index in [2.05, 4.69) is 0 Å². The molecule has 1 nitrogen and oxygen atoms in total. The van der Waals surface area contributed by atoms with E-state index in [0.717, 1.165) is 5.56 Å². The summed E-state index contributed by atoms with van der Waals surface area (Å²) >= 11 is 5.81. The molecule has 0 amide bonds. The van der Waals surface area contributed by atoms with Gasteiger partial charge in [0, 0.05) is 17.1 Å². The fraction of sp³-hybridized carbons (Fsp3) is 0.333. The molecular weight excluding hydrogens is 212 g/mol.